The average molecular weight is 502 g/mol. The van der Waals surface area contributed by atoms with Gasteiger partial charge in [-0.2, -0.15) is 13.2 Å². The van der Waals surface area contributed by atoms with Crippen LogP contribution in [0.2, 0.25) is 0 Å². The van der Waals surface area contributed by atoms with E-state index in [4.69, 9.17) is 4.98 Å². The smallest absolute Gasteiger partial charge is 0.388 e. The molecule has 3 fully saturated rings. The van der Waals surface area contributed by atoms with E-state index in [9.17, 15) is 18.3 Å². The maximum absolute atomic E-state index is 16.7. The lowest BCUT2D eigenvalue weighted by Crippen LogP contribution is -2.27. The highest BCUT2D eigenvalue weighted by atomic mass is 19.4. The van der Waals surface area contributed by atoms with Crippen LogP contribution in [0.3, 0.4) is 0 Å². The lowest BCUT2D eigenvalue weighted by atomic mass is 9.71. The van der Waals surface area contributed by atoms with Crippen molar-refractivity contribution in [3.8, 4) is 0 Å². The highest BCUT2D eigenvalue weighted by Gasteiger charge is 2.50. The number of pyridine rings is 1. The molecule has 2 nitrogen and oxygen atoms in total. The summed E-state index contributed by atoms with van der Waals surface area (Å²) in [6.45, 7) is 0. The maximum atomic E-state index is 16.7. The number of alkyl halides is 4. The Labute approximate surface area is 210 Å². The van der Waals surface area contributed by atoms with Crippen LogP contribution < -0.4 is 0 Å². The topological polar surface area (TPSA) is 33.1 Å². The molecule has 36 heavy (non-hydrogen) atoms. The molecule has 194 valence electrons. The molecule has 4 aliphatic rings. The minimum absolute atomic E-state index is 0.153. The fourth-order valence-corrected chi connectivity index (χ4v) is 7.32. The quantitative estimate of drug-likeness (QED) is 0.426. The normalized spacial score (nSPS) is 25.2. The standard InChI is InChI=1S/C30H35F4NO/c31-27(19-10-12-21(13-11-19)30(32,33)34)26-24(18-6-2-1-3-7-18)25-22(16-29(14-15-29)17-23(25)36)35-28(26)20-8-4-5-9-20/h10-13,18,20,23,27,36H,1-9,14-17H2/t23-,27-/m0/s1. The summed E-state index contributed by atoms with van der Waals surface area (Å²) in [6, 6.07) is 4.53. The third kappa shape index (κ3) is 4.37. The van der Waals surface area contributed by atoms with Crippen molar-refractivity contribution in [2.24, 2.45) is 5.41 Å². The van der Waals surface area contributed by atoms with E-state index in [1.807, 2.05) is 0 Å². The van der Waals surface area contributed by atoms with Gasteiger partial charge in [0.05, 0.1) is 17.4 Å². The number of benzene rings is 1. The minimum Gasteiger partial charge on any atom is -0.388 e. The molecule has 1 heterocycles. The fourth-order valence-electron chi connectivity index (χ4n) is 7.32. The molecule has 0 bridgehead atoms. The first-order chi connectivity index (χ1) is 17.3. The van der Waals surface area contributed by atoms with E-state index in [-0.39, 0.29) is 22.8 Å². The molecule has 0 amide bonds. The van der Waals surface area contributed by atoms with Gasteiger partial charge < -0.3 is 5.11 Å². The van der Waals surface area contributed by atoms with Crippen LogP contribution in [0.4, 0.5) is 17.6 Å². The number of nitrogens with zero attached hydrogens (tertiary/aromatic N) is 1. The van der Waals surface area contributed by atoms with E-state index in [0.29, 0.717) is 12.0 Å². The van der Waals surface area contributed by atoms with Crippen LogP contribution >= 0.6 is 0 Å². The van der Waals surface area contributed by atoms with Crippen molar-refractivity contribution >= 4 is 0 Å². The summed E-state index contributed by atoms with van der Waals surface area (Å²) in [6.07, 6.45) is 6.51. The van der Waals surface area contributed by atoms with Gasteiger partial charge in [-0.15, -0.1) is 0 Å². The van der Waals surface area contributed by atoms with Gasteiger partial charge in [-0.3, -0.25) is 4.98 Å². The van der Waals surface area contributed by atoms with Crippen molar-refractivity contribution in [2.75, 3.05) is 0 Å². The average Bonchev–Trinajstić information content (AvgIpc) is 3.37. The van der Waals surface area contributed by atoms with Crippen molar-refractivity contribution in [1.82, 2.24) is 4.98 Å². The van der Waals surface area contributed by atoms with Gasteiger partial charge in [0.15, 0.2) is 6.17 Å². The van der Waals surface area contributed by atoms with Gasteiger partial charge in [-0.1, -0.05) is 44.2 Å². The second kappa shape index (κ2) is 9.11. The number of hydrogen-bond donors (Lipinski definition) is 1. The van der Waals surface area contributed by atoms with E-state index in [0.717, 1.165) is 112 Å². The van der Waals surface area contributed by atoms with Gasteiger partial charge in [0.2, 0.25) is 0 Å². The van der Waals surface area contributed by atoms with Crippen LogP contribution in [0.15, 0.2) is 24.3 Å². The second-order valence-electron chi connectivity index (χ2n) is 11.9. The first-order valence-electron chi connectivity index (χ1n) is 13.8. The molecule has 0 unspecified atom stereocenters. The van der Waals surface area contributed by atoms with Crippen molar-refractivity contribution in [3.05, 3.63) is 63.5 Å². The van der Waals surface area contributed by atoms with Crippen molar-refractivity contribution in [2.45, 2.75) is 114 Å². The molecule has 6 rings (SSSR count). The minimum atomic E-state index is -4.46. The molecule has 1 aromatic heterocycles. The number of aromatic nitrogens is 1. The van der Waals surface area contributed by atoms with Crippen LogP contribution in [0.1, 0.15) is 140 Å². The lowest BCUT2D eigenvalue weighted by molar-refractivity contribution is -0.137. The van der Waals surface area contributed by atoms with Gasteiger partial charge in [-0.25, -0.2) is 4.39 Å². The molecule has 0 radical (unpaired) electrons. The van der Waals surface area contributed by atoms with Crippen LogP contribution in [0.5, 0.6) is 0 Å². The Morgan fingerprint density at radius 2 is 1.47 bits per heavy atom. The summed E-state index contributed by atoms with van der Waals surface area (Å²) >= 11 is 0. The van der Waals surface area contributed by atoms with Crippen molar-refractivity contribution in [1.29, 1.82) is 0 Å². The van der Waals surface area contributed by atoms with E-state index >= 15 is 4.39 Å². The Balaban J connectivity index is 1.53. The van der Waals surface area contributed by atoms with Crippen LogP contribution in [0, 0.1) is 5.41 Å². The van der Waals surface area contributed by atoms with Crippen LogP contribution in [-0.2, 0) is 12.6 Å². The molecule has 0 saturated heterocycles. The molecule has 2 atom stereocenters. The molecule has 2 aromatic rings. The fraction of sp³-hybridized carbons (Fsp3) is 0.633. The van der Waals surface area contributed by atoms with Gasteiger partial charge in [0, 0.05) is 22.7 Å². The molecule has 3 saturated carbocycles. The van der Waals surface area contributed by atoms with Crippen LogP contribution in [0.25, 0.3) is 0 Å². The largest absolute Gasteiger partial charge is 0.416 e. The predicted octanol–water partition coefficient (Wildman–Crippen LogP) is 8.62. The molecule has 4 aliphatic carbocycles. The zero-order valence-corrected chi connectivity index (χ0v) is 20.7. The number of halogens is 4. The van der Waals surface area contributed by atoms with E-state index < -0.39 is 24.0 Å². The summed E-state index contributed by atoms with van der Waals surface area (Å²) < 4.78 is 56.2. The summed E-state index contributed by atoms with van der Waals surface area (Å²) in [4.78, 5) is 5.16. The number of fused-ring (bicyclic) bond motifs is 1. The second-order valence-corrected chi connectivity index (χ2v) is 11.9. The Hall–Kier alpha value is -1.95. The van der Waals surface area contributed by atoms with Gasteiger partial charge in [0.1, 0.15) is 0 Å². The van der Waals surface area contributed by atoms with E-state index in [1.54, 1.807) is 0 Å². The van der Waals surface area contributed by atoms with E-state index in [1.165, 1.54) is 12.1 Å². The zero-order chi connectivity index (χ0) is 25.1. The SMILES string of the molecule is O[C@H]1CC2(CC2)Cc2nc(C3CCCC3)c([C@@H](F)c3ccc(C(F)(F)F)cc3)c(C3CCCCC3)c21. The molecule has 6 heteroatoms. The molecule has 0 aliphatic heterocycles. The third-order valence-corrected chi connectivity index (χ3v) is 9.42. The molecule has 1 spiro atoms. The monoisotopic (exact) mass is 501 g/mol. The number of rotatable bonds is 4. The summed E-state index contributed by atoms with van der Waals surface area (Å²) in [5.74, 6) is 0.343. The zero-order valence-electron chi connectivity index (χ0n) is 20.7. The van der Waals surface area contributed by atoms with Gasteiger partial charge in [-0.05, 0) is 86.0 Å². The lowest BCUT2D eigenvalue weighted by Gasteiger charge is -2.37. The third-order valence-electron chi connectivity index (χ3n) is 9.42. The van der Waals surface area contributed by atoms with Crippen molar-refractivity contribution < 1.29 is 22.7 Å². The van der Waals surface area contributed by atoms with Gasteiger partial charge >= 0.3 is 6.18 Å². The number of aliphatic hydroxyl groups excluding tert-OH is 1. The van der Waals surface area contributed by atoms with Crippen molar-refractivity contribution in [3.63, 3.8) is 0 Å². The van der Waals surface area contributed by atoms with E-state index in [2.05, 4.69) is 0 Å². The first kappa shape index (κ1) is 24.4. The molecule has 1 N–H and O–H groups in total. The maximum Gasteiger partial charge on any atom is 0.416 e. The predicted molar refractivity (Wildman–Crippen MR) is 131 cm³/mol. The highest BCUT2D eigenvalue weighted by Crippen LogP contribution is 2.59. The first-order valence-corrected chi connectivity index (χ1v) is 13.8. The molecular formula is C30H35F4NO. The Kier molecular flexibility index (Phi) is 6.17. The van der Waals surface area contributed by atoms with Gasteiger partial charge in [0.25, 0.3) is 0 Å². The molecular weight excluding hydrogens is 466 g/mol. The summed E-state index contributed by atoms with van der Waals surface area (Å²) in [7, 11) is 0. The summed E-state index contributed by atoms with van der Waals surface area (Å²) in [5.41, 5.74) is 3.79. The van der Waals surface area contributed by atoms with Crippen LogP contribution in [-0.4, -0.2) is 10.1 Å². The number of aliphatic hydroxyl groups is 1. The molecule has 1 aromatic carbocycles. The Morgan fingerprint density at radius 1 is 0.861 bits per heavy atom. The Bertz CT molecular complexity index is 1110. The summed E-state index contributed by atoms with van der Waals surface area (Å²) in [5, 5.41) is 11.4. The number of hydrogen-bond acceptors (Lipinski definition) is 2. The highest BCUT2D eigenvalue weighted by molar-refractivity contribution is 5.51. The Morgan fingerprint density at radius 3 is 2.08 bits per heavy atom.